The summed E-state index contributed by atoms with van der Waals surface area (Å²) in [6.45, 7) is 2.33. The maximum Gasteiger partial charge on any atom is 0.275 e. The molecule has 0 saturated heterocycles. The normalized spacial score (nSPS) is 10.5. The number of hydrazine groups is 1. The number of amides is 1. The van der Waals surface area contributed by atoms with Crippen molar-refractivity contribution in [1.29, 1.82) is 0 Å². The van der Waals surface area contributed by atoms with Gasteiger partial charge in [0, 0.05) is 6.20 Å². The van der Waals surface area contributed by atoms with Gasteiger partial charge in [0.25, 0.3) is 5.91 Å². The standard InChI is InChI=1S/C10H11ClN4OS/c1-6-8(11)5-15(14-6)4-7-2-3-17-9(7)10(16)13-12/h2-3,5H,4,12H2,1H3,(H,13,16). The van der Waals surface area contributed by atoms with Gasteiger partial charge in [-0.1, -0.05) is 11.6 Å². The van der Waals surface area contributed by atoms with Crippen molar-refractivity contribution in [3.63, 3.8) is 0 Å². The molecule has 5 nitrogen and oxygen atoms in total. The number of rotatable bonds is 3. The van der Waals surface area contributed by atoms with Gasteiger partial charge in [0.2, 0.25) is 0 Å². The molecule has 2 aromatic rings. The number of nitrogens with two attached hydrogens (primary N) is 1. The number of halogens is 1. The molecule has 0 fully saturated rings. The van der Waals surface area contributed by atoms with Crippen LogP contribution in [-0.4, -0.2) is 15.7 Å². The highest BCUT2D eigenvalue weighted by molar-refractivity contribution is 7.12. The molecule has 2 aromatic heterocycles. The maximum absolute atomic E-state index is 11.5. The van der Waals surface area contributed by atoms with E-state index in [0.29, 0.717) is 16.4 Å². The zero-order chi connectivity index (χ0) is 12.4. The summed E-state index contributed by atoms with van der Waals surface area (Å²) in [4.78, 5) is 12.1. The number of thiophene rings is 1. The summed E-state index contributed by atoms with van der Waals surface area (Å²) < 4.78 is 1.70. The Morgan fingerprint density at radius 1 is 1.71 bits per heavy atom. The van der Waals surface area contributed by atoms with Crippen molar-refractivity contribution in [3.05, 3.63) is 38.8 Å². The molecule has 0 bridgehead atoms. The summed E-state index contributed by atoms with van der Waals surface area (Å²) in [5, 5.41) is 6.70. The number of carbonyl (C=O) groups is 1. The van der Waals surface area contributed by atoms with E-state index in [4.69, 9.17) is 17.4 Å². The number of carbonyl (C=O) groups excluding carboxylic acids is 1. The van der Waals surface area contributed by atoms with Crippen molar-refractivity contribution in [2.24, 2.45) is 5.84 Å². The Morgan fingerprint density at radius 3 is 3.06 bits per heavy atom. The molecule has 3 N–H and O–H groups in total. The first-order valence-electron chi connectivity index (χ1n) is 4.88. The van der Waals surface area contributed by atoms with Crippen molar-refractivity contribution in [1.82, 2.24) is 15.2 Å². The van der Waals surface area contributed by atoms with Gasteiger partial charge < -0.3 is 0 Å². The van der Waals surface area contributed by atoms with E-state index < -0.39 is 0 Å². The first kappa shape index (κ1) is 12.1. The van der Waals surface area contributed by atoms with Crippen LogP contribution < -0.4 is 11.3 Å². The molecular formula is C10H11ClN4OS. The van der Waals surface area contributed by atoms with Crippen LogP contribution in [0.2, 0.25) is 5.02 Å². The Hall–Kier alpha value is -1.37. The molecular weight excluding hydrogens is 260 g/mol. The number of hydrogen-bond donors (Lipinski definition) is 2. The van der Waals surface area contributed by atoms with E-state index >= 15 is 0 Å². The van der Waals surface area contributed by atoms with E-state index in [1.807, 2.05) is 18.4 Å². The molecule has 0 saturated carbocycles. The summed E-state index contributed by atoms with van der Waals surface area (Å²) in [6.07, 6.45) is 1.73. The third-order valence-corrected chi connectivity index (χ3v) is 3.63. The highest BCUT2D eigenvalue weighted by atomic mass is 35.5. The van der Waals surface area contributed by atoms with E-state index in [0.717, 1.165) is 11.3 Å². The average Bonchev–Trinajstić information content (AvgIpc) is 2.86. The van der Waals surface area contributed by atoms with E-state index in [2.05, 4.69) is 10.5 Å². The lowest BCUT2D eigenvalue weighted by Gasteiger charge is -2.02. The van der Waals surface area contributed by atoms with Gasteiger partial charge in [-0.15, -0.1) is 11.3 Å². The predicted molar refractivity (Wildman–Crippen MR) is 67.0 cm³/mol. The lowest BCUT2D eigenvalue weighted by Crippen LogP contribution is -2.30. The molecule has 17 heavy (non-hydrogen) atoms. The number of hydrogen-bond acceptors (Lipinski definition) is 4. The molecule has 0 spiro atoms. The summed E-state index contributed by atoms with van der Waals surface area (Å²) >= 11 is 7.27. The van der Waals surface area contributed by atoms with Gasteiger partial charge in [-0.2, -0.15) is 5.10 Å². The minimum atomic E-state index is -0.287. The zero-order valence-corrected chi connectivity index (χ0v) is 10.7. The highest BCUT2D eigenvalue weighted by Crippen LogP contribution is 2.19. The van der Waals surface area contributed by atoms with Gasteiger partial charge in [-0.05, 0) is 23.9 Å². The maximum atomic E-state index is 11.5. The van der Waals surface area contributed by atoms with E-state index in [-0.39, 0.29) is 5.91 Å². The van der Waals surface area contributed by atoms with Crippen LogP contribution in [0.4, 0.5) is 0 Å². The van der Waals surface area contributed by atoms with Crippen molar-refractivity contribution in [2.45, 2.75) is 13.5 Å². The number of nitrogens with one attached hydrogen (secondary N) is 1. The fourth-order valence-corrected chi connectivity index (χ4v) is 2.44. The van der Waals surface area contributed by atoms with E-state index in [1.165, 1.54) is 11.3 Å². The fraction of sp³-hybridized carbons (Fsp3) is 0.200. The molecule has 0 aliphatic heterocycles. The molecule has 2 rings (SSSR count). The largest absolute Gasteiger partial charge is 0.289 e. The SMILES string of the molecule is Cc1nn(Cc2ccsc2C(=O)NN)cc1Cl. The third-order valence-electron chi connectivity index (χ3n) is 2.30. The highest BCUT2D eigenvalue weighted by Gasteiger charge is 2.13. The molecule has 7 heteroatoms. The van der Waals surface area contributed by atoms with E-state index in [9.17, 15) is 4.79 Å². The van der Waals surface area contributed by atoms with Crippen molar-refractivity contribution < 1.29 is 4.79 Å². The Bertz CT molecular complexity index is 529. The lowest BCUT2D eigenvalue weighted by molar-refractivity contribution is 0.0956. The molecule has 0 radical (unpaired) electrons. The first-order valence-corrected chi connectivity index (χ1v) is 6.14. The van der Waals surface area contributed by atoms with Crippen LogP contribution in [-0.2, 0) is 6.54 Å². The molecule has 0 unspecified atom stereocenters. The number of aromatic nitrogens is 2. The van der Waals surface area contributed by atoms with Crippen molar-refractivity contribution in [3.8, 4) is 0 Å². The minimum Gasteiger partial charge on any atom is -0.289 e. The number of aryl methyl sites for hydroxylation is 1. The van der Waals surface area contributed by atoms with E-state index in [1.54, 1.807) is 10.9 Å². The first-order chi connectivity index (χ1) is 8.11. The summed E-state index contributed by atoms with van der Waals surface area (Å²) in [7, 11) is 0. The van der Waals surface area contributed by atoms with Crippen LogP contribution in [0.25, 0.3) is 0 Å². The van der Waals surface area contributed by atoms with Gasteiger partial charge in [0.05, 0.1) is 22.1 Å². The monoisotopic (exact) mass is 270 g/mol. The zero-order valence-electron chi connectivity index (χ0n) is 9.11. The Morgan fingerprint density at radius 2 is 2.47 bits per heavy atom. The second kappa shape index (κ2) is 4.87. The summed E-state index contributed by atoms with van der Waals surface area (Å²) in [5.41, 5.74) is 3.77. The molecule has 0 atom stereocenters. The van der Waals surface area contributed by atoms with Crippen LogP contribution >= 0.6 is 22.9 Å². The molecule has 0 aliphatic carbocycles. The van der Waals surface area contributed by atoms with Gasteiger partial charge in [0.15, 0.2) is 0 Å². The van der Waals surface area contributed by atoms with Gasteiger partial charge in [-0.25, -0.2) is 5.84 Å². The molecule has 0 aliphatic rings. The van der Waals surface area contributed by atoms with Gasteiger partial charge >= 0.3 is 0 Å². The van der Waals surface area contributed by atoms with Crippen LogP contribution in [0.1, 0.15) is 20.9 Å². The molecule has 1 amide bonds. The minimum absolute atomic E-state index is 0.287. The van der Waals surface area contributed by atoms with Crippen molar-refractivity contribution in [2.75, 3.05) is 0 Å². The smallest absolute Gasteiger partial charge is 0.275 e. The fourth-order valence-electron chi connectivity index (χ4n) is 1.47. The average molecular weight is 271 g/mol. The summed E-state index contributed by atoms with van der Waals surface area (Å²) in [6, 6.07) is 1.88. The van der Waals surface area contributed by atoms with Crippen LogP contribution in [0, 0.1) is 6.92 Å². The quantitative estimate of drug-likeness (QED) is 0.505. The predicted octanol–water partition coefficient (Wildman–Crippen LogP) is 1.56. The number of nitrogen functional groups attached to an aromatic ring is 1. The van der Waals surface area contributed by atoms with Crippen LogP contribution in [0.15, 0.2) is 17.6 Å². The number of nitrogens with zero attached hydrogens (tertiary/aromatic N) is 2. The second-order valence-corrected chi connectivity index (χ2v) is 4.83. The second-order valence-electron chi connectivity index (χ2n) is 3.51. The lowest BCUT2D eigenvalue weighted by atomic mass is 10.2. The topological polar surface area (TPSA) is 72.9 Å². The van der Waals surface area contributed by atoms with Gasteiger partial charge in [-0.3, -0.25) is 14.9 Å². The van der Waals surface area contributed by atoms with Crippen LogP contribution in [0.5, 0.6) is 0 Å². The Kier molecular flexibility index (Phi) is 3.46. The Balaban J connectivity index is 2.24. The third kappa shape index (κ3) is 2.49. The van der Waals surface area contributed by atoms with Gasteiger partial charge in [0.1, 0.15) is 0 Å². The summed E-state index contributed by atoms with van der Waals surface area (Å²) in [5.74, 6) is 4.83. The van der Waals surface area contributed by atoms with Crippen LogP contribution in [0.3, 0.4) is 0 Å². The Labute approximate surface area is 107 Å². The molecule has 0 aromatic carbocycles. The van der Waals surface area contributed by atoms with Crippen molar-refractivity contribution >= 4 is 28.8 Å². The molecule has 90 valence electrons. The molecule has 2 heterocycles.